The summed E-state index contributed by atoms with van der Waals surface area (Å²) in [4.78, 5) is 23.5. The maximum Gasteiger partial charge on any atom is 0.260 e. The number of para-hydroxylation sites is 2. The van der Waals surface area contributed by atoms with Crippen LogP contribution in [0.5, 0.6) is 0 Å². The highest BCUT2D eigenvalue weighted by molar-refractivity contribution is 7.17. The Kier molecular flexibility index (Phi) is 4.81. The van der Waals surface area contributed by atoms with Crippen LogP contribution in [0.4, 0.5) is 11.4 Å². The molecule has 1 saturated heterocycles. The average molecular weight is 407 g/mol. The highest BCUT2D eigenvalue weighted by Gasteiger charge is 2.16. The number of furan rings is 1. The molecule has 0 bridgehead atoms. The predicted molar refractivity (Wildman–Crippen MR) is 118 cm³/mol. The summed E-state index contributed by atoms with van der Waals surface area (Å²) in [5.74, 6) is 1.31. The molecule has 0 radical (unpaired) electrons. The van der Waals surface area contributed by atoms with Crippen molar-refractivity contribution in [2.75, 3.05) is 23.3 Å². The highest BCUT2D eigenvalue weighted by Crippen LogP contribution is 2.31. The van der Waals surface area contributed by atoms with E-state index in [1.54, 1.807) is 6.26 Å². The molecule has 0 amide bonds. The smallest absolute Gasteiger partial charge is 0.260 e. The van der Waals surface area contributed by atoms with Crippen molar-refractivity contribution < 1.29 is 4.42 Å². The number of aromatic amines is 1. The molecule has 0 saturated carbocycles. The lowest BCUT2D eigenvalue weighted by Crippen LogP contribution is -2.30. The molecule has 7 heteroatoms. The molecule has 0 aliphatic carbocycles. The maximum atomic E-state index is 12.7. The Hall–Kier alpha value is -3.06. The van der Waals surface area contributed by atoms with Gasteiger partial charge in [-0.15, -0.1) is 11.3 Å². The molecule has 148 valence electrons. The summed E-state index contributed by atoms with van der Waals surface area (Å²) < 4.78 is 5.46. The van der Waals surface area contributed by atoms with Gasteiger partial charge in [-0.3, -0.25) is 4.79 Å². The summed E-state index contributed by atoms with van der Waals surface area (Å²) >= 11 is 1.46. The minimum absolute atomic E-state index is 0.135. The zero-order chi connectivity index (χ0) is 19.6. The van der Waals surface area contributed by atoms with E-state index < -0.39 is 0 Å². The molecule has 0 atom stereocenters. The predicted octanol–water partition coefficient (Wildman–Crippen LogP) is 4.85. The Morgan fingerprint density at radius 1 is 1.14 bits per heavy atom. The van der Waals surface area contributed by atoms with Gasteiger partial charge in [0.05, 0.1) is 29.6 Å². The van der Waals surface area contributed by atoms with Crippen LogP contribution in [0.2, 0.25) is 0 Å². The van der Waals surface area contributed by atoms with Crippen LogP contribution in [0.25, 0.3) is 21.5 Å². The summed E-state index contributed by atoms with van der Waals surface area (Å²) in [6.45, 7) is 2.64. The summed E-state index contributed by atoms with van der Waals surface area (Å²) in [6, 6.07) is 12.0. The van der Waals surface area contributed by atoms with Gasteiger partial charge in [0.25, 0.3) is 5.56 Å². The van der Waals surface area contributed by atoms with Crippen molar-refractivity contribution in [1.29, 1.82) is 0 Å². The van der Waals surface area contributed by atoms with Gasteiger partial charge in [0, 0.05) is 24.0 Å². The average Bonchev–Trinajstić information content (AvgIpc) is 3.43. The van der Waals surface area contributed by atoms with Gasteiger partial charge in [0.2, 0.25) is 0 Å². The van der Waals surface area contributed by atoms with Crippen molar-refractivity contribution in [3.8, 4) is 11.3 Å². The summed E-state index contributed by atoms with van der Waals surface area (Å²) in [5.41, 5.74) is 2.94. The van der Waals surface area contributed by atoms with Crippen molar-refractivity contribution in [2.24, 2.45) is 0 Å². The third kappa shape index (κ3) is 3.53. The quantitative estimate of drug-likeness (QED) is 0.496. The number of H-pyrrole nitrogens is 1. The molecule has 0 unspecified atom stereocenters. The Morgan fingerprint density at radius 3 is 2.83 bits per heavy atom. The molecule has 5 rings (SSSR count). The van der Waals surface area contributed by atoms with Gasteiger partial charge >= 0.3 is 0 Å². The lowest BCUT2D eigenvalue weighted by molar-refractivity contribution is 0.578. The third-order valence-electron chi connectivity index (χ3n) is 5.33. The van der Waals surface area contributed by atoms with Crippen LogP contribution in [-0.4, -0.2) is 23.1 Å². The molecule has 3 aromatic heterocycles. The van der Waals surface area contributed by atoms with E-state index in [9.17, 15) is 4.79 Å². The topological polar surface area (TPSA) is 74.2 Å². The normalized spacial score (nSPS) is 14.4. The first-order valence-corrected chi connectivity index (χ1v) is 10.8. The van der Waals surface area contributed by atoms with Crippen LogP contribution in [-0.2, 0) is 6.54 Å². The first-order chi connectivity index (χ1) is 14.3. The molecule has 4 aromatic rings. The first-order valence-electron chi connectivity index (χ1n) is 9.92. The van der Waals surface area contributed by atoms with Gasteiger partial charge < -0.3 is 19.6 Å². The van der Waals surface area contributed by atoms with Crippen LogP contribution < -0.4 is 15.8 Å². The first kappa shape index (κ1) is 18.0. The summed E-state index contributed by atoms with van der Waals surface area (Å²) in [7, 11) is 0. The summed E-state index contributed by atoms with van der Waals surface area (Å²) in [5, 5.41) is 5.98. The van der Waals surface area contributed by atoms with Crippen molar-refractivity contribution in [2.45, 2.75) is 25.8 Å². The van der Waals surface area contributed by atoms with E-state index in [1.165, 1.54) is 36.3 Å². The summed E-state index contributed by atoms with van der Waals surface area (Å²) in [6.07, 6.45) is 5.38. The number of hydrogen-bond donors (Lipinski definition) is 2. The molecule has 1 aliphatic rings. The Bertz CT molecular complexity index is 1170. The van der Waals surface area contributed by atoms with Crippen molar-refractivity contribution in [3.63, 3.8) is 0 Å². The molecule has 1 fully saturated rings. The molecule has 6 nitrogen and oxygen atoms in total. The SMILES string of the molecule is O=c1[nH]c(CNc2ccccc2N2CCCCC2)nc2scc(-c3ccco3)c12. The number of fused-ring (bicyclic) bond motifs is 1. The van der Waals surface area contributed by atoms with E-state index in [-0.39, 0.29) is 5.56 Å². The lowest BCUT2D eigenvalue weighted by atomic mass is 10.1. The standard InChI is InChI=1S/C22H22N4O2S/c27-21-20-15(18-9-6-12-28-18)14-29-22(20)25-19(24-21)13-23-16-7-2-3-8-17(16)26-10-4-1-5-11-26/h2-3,6-9,12,14,23H,1,4-5,10-11,13H2,(H,24,25,27). The molecule has 0 spiro atoms. The molecule has 1 aliphatic heterocycles. The molecular formula is C22H22N4O2S. The Balaban J connectivity index is 1.40. The molecule has 1 aromatic carbocycles. The fraction of sp³-hybridized carbons (Fsp3) is 0.273. The second kappa shape index (κ2) is 7.75. The molecule has 2 N–H and O–H groups in total. The maximum absolute atomic E-state index is 12.7. The van der Waals surface area contributed by atoms with Crippen LogP contribution in [0, 0.1) is 0 Å². The number of thiophene rings is 1. The Labute approximate surface area is 172 Å². The van der Waals surface area contributed by atoms with Crippen LogP contribution in [0.1, 0.15) is 25.1 Å². The molecule has 4 heterocycles. The lowest BCUT2D eigenvalue weighted by Gasteiger charge is -2.30. The largest absolute Gasteiger partial charge is 0.464 e. The minimum Gasteiger partial charge on any atom is -0.464 e. The third-order valence-corrected chi connectivity index (χ3v) is 6.20. The van der Waals surface area contributed by atoms with E-state index in [0.717, 1.165) is 29.2 Å². The Morgan fingerprint density at radius 2 is 2.00 bits per heavy atom. The van der Waals surface area contributed by atoms with Gasteiger partial charge in [0.1, 0.15) is 16.4 Å². The van der Waals surface area contributed by atoms with Crippen LogP contribution in [0.15, 0.2) is 57.3 Å². The number of aromatic nitrogens is 2. The number of rotatable bonds is 5. The number of hydrogen-bond acceptors (Lipinski definition) is 6. The number of nitrogens with one attached hydrogen (secondary N) is 2. The van der Waals surface area contributed by atoms with Gasteiger partial charge in [-0.2, -0.15) is 0 Å². The number of benzene rings is 1. The van der Waals surface area contributed by atoms with Gasteiger partial charge in [-0.1, -0.05) is 12.1 Å². The minimum atomic E-state index is -0.135. The van der Waals surface area contributed by atoms with Gasteiger partial charge in [0.15, 0.2) is 0 Å². The van der Waals surface area contributed by atoms with Gasteiger partial charge in [-0.05, 0) is 43.5 Å². The highest BCUT2D eigenvalue weighted by atomic mass is 32.1. The van der Waals surface area contributed by atoms with E-state index in [1.807, 2.05) is 23.6 Å². The molecular weight excluding hydrogens is 384 g/mol. The zero-order valence-corrected chi connectivity index (χ0v) is 16.8. The van der Waals surface area contributed by atoms with E-state index in [0.29, 0.717) is 23.5 Å². The van der Waals surface area contributed by atoms with Crippen molar-refractivity contribution in [3.05, 3.63) is 64.2 Å². The molecule has 29 heavy (non-hydrogen) atoms. The van der Waals surface area contributed by atoms with E-state index >= 15 is 0 Å². The second-order valence-electron chi connectivity index (χ2n) is 7.24. The fourth-order valence-electron chi connectivity index (χ4n) is 3.90. The van der Waals surface area contributed by atoms with E-state index in [4.69, 9.17) is 4.42 Å². The number of anilines is 2. The zero-order valence-electron chi connectivity index (χ0n) is 16.0. The van der Waals surface area contributed by atoms with Gasteiger partial charge in [-0.25, -0.2) is 4.98 Å². The fourth-order valence-corrected chi connectivity index (χ4v) is 4.85. The van der Waals surface area contributed by atoms with Crippen molar-refractivity contribution >= 4 is 32.9 Å². The van der Waals surface area contributed by atoms with Crippen LogP contribution in [0.3, 0.4) is 0 Å². The van der Waals surface area contributed by atoms with Crippen LogP contribution >= 0.6 is 11.3 Å². The van der Waals surface area contributed by atoms with E-state index in [2.05, 4.69) is 38.4 Å². The van der Waals surface area contributed by atoms with Crippen molar-refractivity contribution in [1.82, 2.24) is 9.97 Å². The second-order valence-corrected chi connectivity index (χ2v) is 8.10. The number of piperidine rings is 1. The monoisotopic (exact) mass is 406 g/mol. The number of nitrogens with zero attached hydrogens (tertiary/aromatic N) is 2.